The highest BCUT2D eigenvalue weighted by Crippen LogP contribution is 2.16. The summed E-state index contributed by atoms with van der Waals surface area (Å²) in [6, 6.07) is 6.32. The molecule has 18 heavy (non-hydrogen) atoms. The van der Waals surface area contributed by atoms with Gasteiger partial charge in [0.25, 0.3) is 0 Å². The Kier molecular flexibility index (Phi) is 5.33. The molecule has 1 rings (SSSR count). The largest absolute Gasteiger partial charge is 0.398 e. The molecule has 0 heterocycles. The fourth-order valence-electron chi connectivity index (χ4n) is 1.30. The van der Waals surface area contributed by atoms with Crippen LogP contribution in [0.5, 0.6) is 0 Å². The molecule has 3 N–H and O–H groups in total. The number of ether oxygens (including phenoxy) is 1. The van der Waals surface area contributed by atoms with Gasteiger partial charge in [0.2, 0.25) is 10.0 Å². The van der Waals surface area contributed by atoms with Crippen LogP contribution in [0.3, 0.4) is 0 Å². The molecule has 100 valence electrons. The topological polar surface area (TPSA) is 81.4 Å². The van der Waals surface area contributed by atoms with Gasteiger partial charge in [0.15, 0.2) is 0 Å². The summed E-state index contributed by atoms with van der Waals surface area (Å²) >= 11 is 0. The quantitative estimate of drug-likeness (QED) is 0.442. The zero-order valence-electron chi connectivity index (χ0n) is 10.3. The molecule has 0 radical (unpaired) electrons. The van der Waals surface area contributed by atoms with E-state index in [4.69, 9.17) is 10.5 Å². The van der Waals surface area contributed by atoms with Crippen molar-refractivity contribution in [3.8, 4) is 0 Å². The van der Waals surface area contributed by atoms with Crippen molar-refractivity contribution in [1.82, 2.24) is 4.72 Å². The second kappa shape index (κ2) is 6.53. The summed E-state index contributed by atoms with van der Waals surface area (Å²) in [5, 5.41) is 0. The number of sulfonamides is 1. The van der Waals surface area contributed by atoms with Crippen LogP contribution < -0.4 is 10.5 Å². The summed E-state index contributed by atoms with van der Waals surface area (Å²) in [4.78, 5) is 0.0879. The summed E-state index contributed by atoms with van der Waals surface area (Å²) in [7, 11) is -3.57. The molecule has 0 spiro atoms. The van der Waals surface area contributed by atoms with E-state index in [1.54, 1.807) is 18.2 Å². The number of nitrogens with one attached hydrogen (secondary N) is 1. The third-order valence-corrected chi connectivity index (χ3v) is 3.63. The zero-order valence-corrected chi connectivity index (χ0v) is 11.2. The Labute approximate surface area is 108 Å². The molecule has 0 unspecified atom stereocenters. The molecule has 0 amide bonds. The second-order valence-corrected chi connectivity index (χ2v) is 5.68. The second-order valence-electron chi connectivity index (χ2n) is 3.95. The lowest BCUT2D eigenvalue weighted by molar-refractivity contribution is 0.162. The molecule has 1 aromatic rings. The van der Waals surface area contributed by atoms with Crippen molar-refractivity contribution in [1.29, 1.82) is 0 Å². The van der Waals surface area contributed by atoms with Crippen molar-refractivity contribution >= 4 is 15.7 Å². The highest BCUT2D eigenvalue weighted by atomic mass is 32.2. The molecule has 0 bridgehead atoms. The Balaban J connectivity index is 2.51. The van der Waals surface area contributed by atoms with Crippen LogP contribution in [0.4, 0.5) is 5.69 Å². The van der Waals surface area contributed by atoms with Gasteiger partial charge in [0.1, 0.15) is 4.90 Å². The molecule has 0 atom stereocenters. The van der Waals surface area contributed by atoms with Crippen molar-refractivity contribution in [2.45, 2.75) is 11.8 Å². The maximum Gasteiger partial charge on any atom is 0.242 e. The molecule has 0 saturated heterocycles. The van der Waals surface area contributed by atoms with Crippen LogP contribution in [-0.2, 0) is 14.8 Å². The molecule has 0 aliphatic rings. The summed E-state index contributed by atoms with van der Waals surface area (Å²) in [5.41, 5.74) is 6.74. The van der Waals surface area contributed by atoms with Crippen LogP contribution >= 0.6 is 0 Å². The number of rotatable bonds is 7. The van der Waals surface area contributed by atoms with E-state index in [0.29, 0.717) is 13.2 Å². The monoisotopic (exact) mass is 270 g/mol. The smallest absolute Gasteiger partial charge is 0.242 e. The fourth-order valence-corrected chi connectivity index (χ4v) is 2.44. The van der Waals surface area contributed by atoms with Crippen molar-refractivity contribution in [3.05, 3.63) is 36.4 Å². The van der Waals surface area contributed by atoms with Gasteiger partial charge in [0.05, 0.1) is 18.9 Å². The summed E-state index contributed by atoms with van der Waals surface area (Å²) < 4.78 is 31.4. The van der Waals surface area contributed by atoms with Crippen LogP contribution in [-0.4, -0.2) is 28.2 Å². The van der Waals surface area contributed by atoms with Gasteiger partial charge in [-0.15, -0.1) is 0 Å². The Morgan fingerprint density at radius 2 is 2.11 bits per heavy atom. The van der Waals surface area contributed by atoms with Crippen LogP contribution in [0.25, 0.3) is 0 Å². The first-order valence-electron chi connectivity index (χ1n) is 5.50. The molecule has 0 saturated carbocycles. The van der Waals surface area contributed by atoms with E-state index in [-0.39, 0.29) is 17.1 Å². The predicted molar refractivity (Wildman–Crippen MR) is 71.7 cm³/mol. The van der Waals surface area contributed by atoms with Crippen molar-refractivity contribution < 1.29 is 13.2 Å². The van der Waals surface area contributed by atoms with E-state index in [9.17, 15) is 8.42 Å². The Hall–Kier alpha value is -1.37. The van der Waals surface area contributed by atoms with Gasteiger partial charge >= 0.3 is 0 Å². The van der Waals surface area contributed by atoms with Crippen LogP contribution in [0, 0.1) is 0 Å². The average Bonchev–Trinajstić information content (AvgIpc) is 2.28. The Morgan fingerprint density at radius 3 is 2.72 bits per heavy atom. The minimum absolute atomic E-state index is 0.0879. The number of anilines is 1. The fraction of sp³-hybridized carbons (Fsp3) is 0.333. The first kappa shape index (κ1) is 14.7. The van der Waals surface area contributed by atoms with Crippen LogP contribution in [0.1, 0.15) is 6.92 Å². The van der Waals surface area contributed by atoms with Gasteiger partial charge in [-0.3, -0.25) is 0 Å². The Bertz CT molecular complexity index is 512. The first-order valence-corrected chi connectivity index (χ1v) is 6.98. The molecule has 0 aliphatic carbocycles. The lowest BCUT2D eigenvalue weighted by Gasteiger charge is -2.09. The van der Waals surface area contributed by atoms with Gasteiger partial charge in [-0.05, 0) is 19.1 Å². The van der Waals surface area contributed by atoms with Crippen LogP contribution in [0.15, 0.2) is 41.3 Å². The molecule has 0 aromatic heterocycles. The maximum absolute atomic E-state index is 11.9. The number of hydrogen-bond donors (Lipinski definition) is 2. The van der Waals surface area contributed by atoms with Gasteiger partial charge < -0.3 is 10.5 Å². The SMILES string of the molecule is C=C(C)COCCNS(=O)(=O)c1ccccc1N. The standard InChI is InChI=1S/C12H18N2O3S/c1-10(2)9-17-8-7-14-18(15,16)12-6-4-3-5-11(12)13/h3-6,14H,1,7-9,13H2,2H3. The zero-order chi connectivity index (χ0) is 13.6. The molecule has 1 aromatic carbocycles. The number of nitrogens with two attached hydrogens (primary N) is 1. The lowest BCUT2D eigenvalue weighted by Crippen LogP contribution is -2.28. The van der Waals surface area contributed by atoms with E-state index in [1.165, 1.54) is 6.07 Å². The van der Waals surface area contributed by atoms with Gasteiger partial charge in [0, 0.05) is 6.54 Å². The predicted octanol–water partition coefficient (Wildman–Crippen LogP) is 1.14. The minimum atomic E-state index is -3.57. The highest BCUT2D eigenvalue weighted by Gasteiger charge is 2.15. The average molecular weight is 270 g/mol. The van der Waals surface area contributed by atoms with Gasteiger partial charge in [-0.25, -0.2) is 13.1 Å². The molecule has 5 nitrogen and oxygen atoms in total. The van der Waals surface area contributed by atoms with Gasteiger partial charge in [-0.1, -0.05) is 24.3 Å². The van der Waals surface area contributed by atoms with E-state index in [1.807, 2.05) is 6.92 Å². The number of benzene rings is 1. The minimum Gasteiger partial charge on any atom is -0.398 e. The maximum atomic E-state index is 11.9. The molecule has 0 aliphatic heterocycles. The normalized spacial score (nSPS) is 11.4. The van der Waals surface area contributed by atoms with E-state index in [2.05, 4.69) is 11.3 Å². The third-order valence-electron chi connectivity index (χ3n) is 2.10. The molecular weight excluding hydrogens is 252 g/mol. The van der Waals surface area contributed by atoms with E-state index in [0.717, 1.165) is 5.57 Å². The van der Waals surface area contributed by atoms with E-state index < -0.39 is 10.0 Å². The van der Waals surface area contributed by atoms with Gasteiger partial charge in [-0.2, -0.15) is 0 Å². The first-order chi connectivity index (χ1) is 8.43. The van der Waals surface area contributed by atoms with Crippen molar-refractivity contribution in [2.24, 2.45) is 0 Å². The number of para-hydroxylation sites is 1. The third kappa shape index (κ3) is 4.48. The summed E-state index contributed by atoms with van der Waals surface area (Å²) in [5.74, 6) is 0. The molecule has 6 heteroatoms. The number of hydrogen-bond acceptors (Lipinski definition) is 4. The summed E-state index contributed by atoms with van der Waals surface area (Å²) in [6.07, 6.45) is 0. The molecular formula is C12H18N2O3S. The van der Waals surface area contributed by atoms with Crippen molar-refractivity contribution in [2.75, 3.05) is 25.5 Å². The highest BCUT2D eigenvalue weighted by molar-refractivity contribution is 7.89. The number of nitrogen functional groups attached to an aromatic ring is 1. The van der Waals surface area contributed by atoms with Crippen LogP contribution in [0.2, 0.25) is 0 Å². The van der Waals surface area contributed by atoms with E-state index >= 15 is 0 Å². The Morgan fingerprint density at radius 1 is 1.44 bits per heavy atom. The molecule has 0 fully saturated rings. The lowest BCUT2D eigenvalue weighted by atomic mass is 10.3. The van der Waals surface area contributed by atoms with Crippen molar-refractivity contribution in [3.63, 3.8) is 0 Å². The summed E-state index contributed by atoms with van der Waals surface area (Å²) in [6.45, 7) is 6.44.